The third-order valence-electron chi connectivity index (χ3n) is 3.46. The minimum atomic E-state index is -0.0247. The van der Waals surface area contributed by atoms with Crippen LogP contribution in [-0.4, -0.2) is 22.8 Å². The maximum Gasteiger partial charge on any atom is 0.226 e. The zero-order valence-electron chi connectivity index (χ0n) is 12.3. The number of rotatable bonds is 5. The normalized spacial score (nSPS) is 10.6. The van der Waals surface area contributed by atoms with E-state index in [0.717, 1.165) is 22.3 Å². The highest BCUT2D eigenvalue weighted by molar-refractivity contribution is 5.90. The number of fused-ring (bicyclic) bond motifs is 1. The molecule has 0 aliphatic heterocycles. The second kappa shape index (κ2) is 6.30. The first-order valence-electron chi connectivity index (χ1n) is 7.11. The molecule has 0 spiro atoms. The number of nitrogens with zero attached hydrogens (tertiary/aromatic N) is 2. The van der Waals surface area contributed by atoms with E-state index < -0.39 is 0 Å². The third-order valence-corrected chi connectivity index (χ3v) is 3.46. The van der Waals surface area contributed by atoms with E-state index in [1.165, 1.54) is 0 Å². The van der Waals surface area contributed by atoms with E-state index in [1.807, 2.05) is 53.2 Å². The van der Waals surface area contributed by atoms with Gasteiger partial charge in [0.15, 0.2) is 0 Å². The molecule has 5 heteroatoms. The lowest BCUT2D eigenvalue weighted by Gasteiger charge is -2.06. The smallest absolute Gasteiger partial charge is 0.226 e. The summed E-state index contributed by atoms with van der Waals surface area (Å²) in [6.07, 6.45) is 2.16. The van der Waals surface area contributed by atoms with Gasteiger partial charge in [-0.25, -0.2) is 0 Å². The van der Waals surface area contributed by atoms with Crippen molar-refractivity contribution in [3.63, 3.8) is 0 Å². The molecular formula is C17H17N3O2. The lowest BCUT2D eigenvalue weighted by atomic mass is 10.2. The van der Waals surface area contributed by atoms with Crippen LogP contribution in [0.1, 0.15) is 6.42 Å². The van der Waals surface area contributed by atoms with Crippen molar-refractivity contribution in [2.24, 2.45) is 0 Å². The summed E-state index contributed by atoms with van der Waals surface area (Å²) in [6.45, 7) is 0.536. The molecule has 0 radical (unpaired) electrons. The van der Waals surface area contributed by atoms with E-state index in [0.29, 0.717) is 13.0 Å². The van der Waals surface area contributed by atoms with Gasteiger partial charge in [-0.3, -0.25) is 9.48 Å². The molecular weight excluding hydrogens is 278 g/mol. The van der Waals surface area contributed by atoms with Gasteiger partial charge in [-0.1, -0.05) is 18.2 Å². The fourth-order valence-corrected chi connectivity index (χ4v) is 2.32. The number of aryl methyl sites for hydroxylation is 1. The van der Waals surface area contributed by atoms with E-state index in [-0.39, 0.29) is 5.91 Å². The summed E-state index contributed by atoms with van der Waals surface area (Å²) in [5, 5.41) is 8.20. The van der Waals surface area contributed by atoms with Crippen molar-refractivity contribution in [3.8, 4) is 5.75 Å². The van der Waals surface area contributed by atoms with Crippen molar-refractivity contribution in [1.82, 2.24) is 9.78 Å². The van der Waals surface area contributed by atoms with Crippen LogP contribution < -0.4 is 10.1 Å². The summed E-state index contributed by atoms with van der Waals surface area (Å²) in [5.41, 5.74) is 1.80. The lowest BCUT2D eigenvalue weighted by molar-refractivity contribution is -0.116. The van der Waals surface area contributed by atoms with Gasteiger partial charge in [-0.2, -0.15) is 5.10 Å². The summed E-state index contributed by atoms with van der Waals surface area (Å²) in [5.74, 6) is 0.775. The van der Waals surface area contributed by atoms with Crippen LogP contribution in [0.5, 0.6) is 5.75 Å². The number of amides is 1. The summed E-state index contributed by atoms with van der Waals surface area (Å²) in [4.78, 5) is 12.0. The number of para-hydroxylation sites is 1. The number of hydrogen-bond acceptors (Lipinski definition) is 3. The van der Waals surface area contributed by atoms with Gasteiger partial charge in [0.05, 0.1) is 25.4 Å². The Bertz CT molecular complexity index is 781. The average Bonchev–Trinajstić information content (AvgIpc) is 2.96. The first-order chi connectivity index (χ1) is 10.8. The van der Waals surface area contributed by atoms with Crippen LogP contribution >= 0.6 is 0 Å². The predicted octanol–water partition coefficient (Wildman–Crippen LogP) is 3.07. The van der Waals surface area contributed by atoms with Crippen LogP contribution in [0.2, 0.25) is 0 Å². The molecule has 2 aromatic carbocycles. The second-order valence-electron chi connectivity index (χ2n) is 4.96. The van der Waals surface area contributed by atoms with E-state index in [2.05, 4.69) is 10.4 Å². The minimum Gasteiger partial charge on any atom is -0.497 e. The predicted molar refractivity (Wildman–Crippen MR) is 86.0 cm³/mol. The van der Waals surface area contributed by atoms with Gasteiger partial charge in [0.2, 0.25) is 5.91 Å². The maximum atomic E-state index is 12.0. The fraction of sp³-hybridized carbons (Fsp3) is 0.176. The first-order valence-corrected chi connectivity index (χ1v) is 7.11. The average molecular weight is 295 g/mol. The van der Waals surface area contributed by atoms with Gasteiger partial charge in [-0.15, -0.1) is 0 Å². The number of aromatic nitrogens is 2. The zero-order valence-corrected chi connectivity index (χ0v) is 12.3. The van der Waals surface area contributed by atoms with Crippen LogP contribution in [0.15, 0.2) is 54.7 Å². The van der Waals surface area contributed by atoms with Crippen molar-refractivity contribution in [3.05, 3.63) is 54.7 Å². The molecule has 1 N–H and O–H groups in total. The van der Waals surface area contributed by atoms with Crippen molar-refractivity contribution in [2.45, 2.75) is 13.0 Å². The molecule has 22 heavy (non-hydrogen) atoms. The SMILES string of the molecule is COc1ccc2c(cnn2CCC(=O)Nc2ccccc2)c1. The number of methoxy groups -OCH3 is 1. The van der Waals surface area contributed by atoms with Crippen molar-refractivity contribution in [2.75, 3.05) is 12.4 Å². The van der Waals surface area contributed by atoms with Gasteiger partial charge in [0.25, 0.3) is 0 Å². The number of benzene rings is 2. The van der Waals surface area contributed by atoms with Crippen LogP contribution in [0.4, 0.5) is 5.69 Å². The summed E-state index contributed by atoms with van der Waals surface area (Å²) in [7, 11) is 1.64. The number of nitrogens with one attached hydrogen (secondary N) is 1. The molecule has 3 rings (SSSR count). The molecule has 112 valence electrons. The highest BCUT2D eigenvalue weighted by Gasteiger charge is 2.07. The summed E-state index contributed by atoms with van der Waals surface area (Å²) < 4.78 is 7.03. The van der Waals surface area contributed by atoms with Crippen LogP contribution in [0.3, 0.4) is 0 Å². The number of carbonyl (C=O) groups is 1. The van der Waals surface area contributed by atoms with Crippen molar-refractivity contribution >= 4 is 22.5 Å². The monoisotopic (exact) mass is 295 g/mol. The van der Waals surface area contributed by atoms with E-state index in [1.54, 1.807) is 13.3 Å². The zero-order chi connectivity index (χ0) is 15.4. The summed E-state index contributed by atoms with van der Waals surface area (Å²) in [6, 6.07) is 15.2. The van der Waals surface area contributed by atoms with Crippen LogP contribution in [0, 0.1) is 0 Å². The van der Waals surface area contributed by atoms with Gasteiger partial charge < -0.3 is 10.1 Å². The summed E-state index contributed by atoms with van der Waals surface area (Å²) >= 11 is 0. The van der Waals surface area contributed by atoms with Crippen molar-refractivity contribution < 1.29 is 9.53 Å². The van der Waals surface area contributed by atoms with Crippen LogP contribution in [0.25, 0.3) is 10.9 Å². The lowest BCUT2D eigenvalue weighted by Crippen LogP contribution is -2.14. The quantitative estimate of drug-likeness (QED) is 0.787. The highest BCUT2D eigenvalue weighted by Crippen LogP contribution is 2.20. The molecule has 0 unspecified atom stereocenters. The molecule has 0 aliphatic carbocycles. The largest absolute Gasteiger partial charge is 0.497 e. The molecule has 3 aromatic rings. The molecule has 0 bridgehead atoms. The highest BCUT2D eigenvalue weighted by atomic mass is 16.5. The van der Waals surface area contributed by atoms with Gasteiger partial charge in [0, 0.05) is 17.5 Å². The molecule has 0 saturated heterocycles. The Hall–Kier alpha value is -2.82. The van der Waals surface area contributed by atoms with Gasteiger partial charge in [0.1, 0.15) is 5.75 Å². The third kappa shape index (κ3) is 3.09. The number of ether oxygens (including phenoxy) is 1. The Morgan fingerprint density at radius 2 is 2.05 bits per heavy atom. The number of anilines is 1. The van der Waals surface area contributed by atoms with E-state index in [9.17, 15) is 4.79 Å². The Morgan fingerprint density at radius 3 is 2.82 bits per heavy atom. The maximum absolute atomic E-state index is 12.0. The Labute approximate surface area is 128 Å². The molecule has 0 saturated carbocycles. The second-order valence-corrected chi connectivity index (χ2v) is 4.96. The van der Waals surface area contributed by atoms with E-state index in [4.69, 9.17) is 4.74 Å². The fourth-order valence-electron chi connectivity index (χ4n) is 2.32. The van der Waals surface area contributed by atoms with Crippen molar-refractivity contribution in [1.29, 1.82) is 0 Å². The topological polar surface area (TPSA) is 56.2 Å². The Morgan fingerprint density at radius 1 is 1.23 bits per heavy atom. The molecule has 1 aromatic heterocycles. The molecule has 0 fully saturated rings. The number of hydrogen-bond donors (Lipinski definition) is 1. The Kier molecular flexibility index (Phi) is 4.05. The van der Waals surface area contributed by atoms with Crippen LogP contribution in [-0.2, 0) is 11.3 Å². The molecule has 0 aliphatic rings. The number of carbonyl (C=O) groups excluding carboxylic acids is 1. The van der Waals surface area contributed by atoms with Gasteiger partial charge >= 0.3 is 0 Å². The molecule has 1 heterocycles. The van der Waals surface area contributed by atoms with Gasteiger partial charge in [-0.05, 0) is 30.3 Å². The molecule has 1 amide bonds. The Balaban J connectivity index is 1.65. The minimum absolute atomic E-state index is 0.0247. The standard InChI is InChI=1S/C17H17N3O2/c1-22-15-7-8-16-13(11-15)12-18-20(16)10-9-17(21)19-14-5-3-2-4-6-14/h2-8,11-12H,9-10H2,1H3,(H,19,21). The first kappa shape index (κ1) is 14.1. The molecule has 0 atom stereocenters. The van der Waals surface area contributed by atoms with E-state index >= 15 is 0 Å². The molecule has 5 nitrogen and oxygen atoms in total.